The molecule has 19 heavy (non-hydrogen) atoms. The van der Waals surface area contributed by atoms with Gasteiger partial charge in [0.2, 0.25) is 0 Å². The molecule has 110 valence electrons. The second kappa shape index (κ2) is 4.95. The molecule has 0 aromatic carbocycles. The van der Waals surface area contributed by atoms with Crippen LogP contribution >= 0.6 is 0 Å². The average molecular weight is 290 g/mol. The highest BCUT2D eigenvalue weighted by molar-refractivity contribution is 5.66. The van der Waals surface area contributed by atoms with E-state index in [1.54, 1.807) is 0 Å². The van der Waals surface area contributed by atoms with E-state index in [9.17, 15) is 26.7 Å². The molecular formula is C10H11F5O4. The van der Waals surface area contributed by atoms with Crippen molar-refractivity contribution >= 4 is 5.97 Å². The maximum atomic E-state index is 13.9. The number of rotatable bonds is 3. The summed E-state index contributed by atoms with van der Waals surface area (Å²) in [6, 6.07) is 0. The third-order valence-corrected chi connectivity index (χ3v) is 2.45. The second-order valence-electron chi connectivity index (χ2n) is 3.76. The molecule has 0 N–H and O–H groups in total. The second-order valence-corrected chi connectivity index (χ2v) is 3.76. The SMILES string of the molecule is C=COC1CCOC(OC(C)=O)(C(F)(F)F)C1(F)F. The number of carbonyl (C=O) groups excluding carboxylic acids is 1. The summed E-state index contributed by atoms with van der Waals surface area (Å²) in [6.45, 7) is 2.87. The van der Waals surface area contributed by atoms with Crippen LogP contribution in [0, 0.1) is 0 Å². The van der Waals surface area contributed by atoms with Gasteiger partial charge in [-0.1, -0.05) is 6.58 Å². The van der Waals surface area contributed by atoms with Crippen LogP contribution in [0.2, 0.25) is 0 Å². The number of alkyl halides is 5. The largest absolute Gasteiger partial charge is 0.492 e. The van der Waals surface area contributed by atoms with Crippen molar-refractivity contribution in [2.75, 3.05) is 6.61 Å². The van der Waals surface area contributed by atoms with Gasteiger partial charge in [-0.05, 0) is 0 Å². The minimum absolute atomic E-state index is 0.502. The van der Waals surface area contributed by atoms with Gasteiger partial charge in [0.1, 0.15) is 0 Å². The normalized spacial score (nSPS) is 30.5. The molecule has 0 radical (unpaired) electrons. The zero-order valence-corrected chi connectivity index (χ0v) is 9.80. The maximum absolute atomic E-state index is 13.9. The Bertz CT molecular complexity index is 367. The molecule has 1 heterocycles. The lowest BCUT2D eigenvalue weighted by atomic mass is 9.96. The number of halogens is 5. The molecule has 1 aliphatic rings. The van der Waals surface area contributed by atoms with Gasteiger partial charge in [-0.25, -0.2) is 0 Å². The van der Waals surface area contributed by atoms with Gasteiger partial charge < -0.3 is 14.2 Å². The van der Waals surface area contributed by atoms with Crippen molar-refractivity contribution in [3.8, 4) is 0 Å². The van der Waals surface area contributed by atoms with Gasteiger partial charge in [-0.3, -0.25) is 4.79 Å². The first-order chi connectivity index (χ1) is 8.58. The van der Waals surface area contributed by atoms with Crippen molar-refractivity contribution in [1.29, 1.82) is 0 Å². The molecule has 1 saturated heterocycles. The molecule has 0 amide bonds. The minimum Gasteiger partial charge on any atom is -0.492 e. The van der Waals surface area contributed by atoms with Crippen molar-refractivity contribution in [1.82, 2.24) is 0 Å². The number of ether oxygens (including phenoxy) is 3. The average Bonchev–Trinajstić information content (AvgIpc) is 2.22. The lowest BCUT2D eigenvalue weighted by Crippen LogP contribution is -2.69. The Hall–Kier alpha value is -1.38. The van der Waals surface area contributed by atoms with Crippen LogP contribution in [0.5, 0.6) is 0 Å². The van der Waals surface area contributed by atoms with Crippen molar-refractivity contribution in [2.45, 2.75) is 37.3 Å². The Morgan fingerprint density at radius 1 is 1.47 bits per heavy atom. The predicted molar refractivity (Wildman–Crippen MR) is 51.1 cm³/mol. The summed E-state index contributed by atoms with van der Waals surface area (Å²) in [5.74, 6) is -10.5. The summed E-state index contributed by atoms with van der Waals surface area (Å²) in [5.41, 5.74) is 0. The Labute approximate surface area is 105 Å². The molecule has 4 nitrogen and oxygen atoms in total. The van der Waals surface area contributed by atoms with E-state index in [0.717, 1.165) is 0 Å². The van der Waals surface area contributed by atoms with Gasteiger partial charge in [-0.2, -0.15) is 22.0 Å². The lowest BCUT2D eigenvalue weighted by molar-refractivity contribution is -0.454. The van der Waals surface area contributed by atoms with Crippen LogP contribution in [-0.4, -0.2) is 36.6 Å². The van der Waals surface area contributed by atoms with Crippen LogP contribution in [0.3, 0.4) is 0 Å². The highest BCUT2D eigenvalue weighted by atomic mass is 19.4. The van der Waals surface area contributed by atoms with Crippen molar-refractivity contribution < 1.29 is 41.0 Å². The van der Waals surface area contributed by atoms with E-state index < -0.39 is 43.0 Å². The molecule has 0 aromatic rings. The van der Waals surface area contributed by atoms with E-state index in [1.807, 2.05) is 0 Å². The molecule has 9 heteroatoms. The summed E-state index contributed by atoms with van der Waals surface area (Å²) in [7, 11) is 0. The molecule has 0 aromatic heterocycles. The topological polar surface area (TPSA) is 44.8 Å². The molecule has 0 aliphatic carbocycles. The first kappa shape index (κ1) is 15.7. The summed E-state index contributed by atoms with van der Waals surface area (Å²) < 4.78 is 78.8. The standard InChI is InChI=1S/C10H11F5O4/c1-3-17-7-4-5-18-9(8(7,11)12,10(13,14)15)19-6(2)16/h3,7H,1,4-5H2,2H3. The van der Waals surface area contributed by atoms with Crippen LogP contribution in [0.1, 0.15) is 13.3 Å². The quantitative estimate of drug-likeness (QED) is 0.455. The molecule has 0 bridgehead atoms. The van der Waals surface area contributed by atoms with E-state index in [2.05, 4.69) is 20.8 Å². The fraction of sp³-hybridized carbons (Fsp3) is 0.700. The monoisotopic (exact) mass is 290 g/mol. The number of hydrogen-bond acceptors (Lipinski definition) is 4. The zero-order valence-electron chi connectivity index (χ0n) is 9.80. The Balaban J connectivity index is 3.27. The smallest absolute Gasteiger partial charge is 0.462 e. The van der Waals surface area contributed by atoms with Gasteiger partial charge in [0.05, 0.1) is 12.9 Å². The number of esters is 1. The Kier molecular flexibility index (Phi) is 4.08. The lowest BCUT2D eigenvalue weighted by Gasteiger charge is -2.45. The van der Waals surface area contributed by atoms with Crippen LogP contribution in [0.15, 0.2) is 12.8 Å². The molecule has 2 unspecified atom stereocenters. The van der Waals surface area contributed by atoms with E-state index in [4.69, 9.17) is 0 Å². The predicted octanol–water partition coefficient (Wildman–Crippen LogP) is 2.39. The van der Waals surface area contributed by atoms with Crippen LogP contribution in [-0.2, 0) is 19.0 Å². The third kappa shape index (κ3) is 2.51. The highest BCUT2D eigenvalue weighted by Crippen LogP contribution is 2.51. The molecule has 0 saturated carbocycles. The fourth-order valence-corrected chi connectivity index (χ4v) is 1.70. The van der Waals surface area contributed by atoms with Gasteiger partial charge in [0, 0.05) is 13.3 Å². The Morgan fingerprint density at radius 2 is 2.05 bits per heavy atom. The molecule has 0 spiro atoms. The first-order valence-corrected chi connectivity index (χ1v) is 5.13. The van der Waals surface area contributed by atoms with E-state index in [0.29, 0.717) is 13.2 Å². The number of hydrogen-bond donors (Lipinski definition) is 0. The third-order valence-electron chi connectivity index (χ3n) is 2.45. The maximum Gasteiger partial charge on any atom is 0.462 e. The molecule has 2 atom stereocenters. The van der Waals surface area contributed by atoms with Crippen LogP contribution in [0.4, 0.5) is 22.0 Å². The van der Waals surface area contributed by atoms with E-state index >= 15 is 0 Å². The van der Waals surface area contributed by atoms with Crippen LogP contribution < -0.4 is 0 Å². The van der Waals surface area contributed by atoms with E-state index in [-0.39, 0.29) is 0 Å². The summed E-state index contributed by atoms with van der Waals surface area (Å²) >= 11 is 0. The van der Waals surface area contributed by atoms with Crippen molar-refractivity contribution in [2.24, 2.45) is 0 Å². The summed E-state index contributed by atoms with van der Waals surface area (Å²) in [6.07, 6.45) is -7.68. The van der Waals surface area contributed by atoms with Gasteiger partial charge in [-0.15, -0.1) is 0 Å². The highest BCUT2D eigenvalue weighted by Gasteiger charge is 2.79. The zero-order chi connectivity index (χ0) is 14.9. The van der Waals surface area contributed by atoms with Crippen molar-refractivity contribution in [3.63, 3.8) is 0 Å². The molecule has 1 aliphatic heterocycles. The van der Waals surface area contributed by atoms with E-state index in [1.165, 1.54) is 0 Å². The Morgan fingerprint density at radius 3 is 2.47 bits per heavy atom. The summed E-state index contributed by atoms with van der Waals surface area (Å²) in [5, 5.41) is 0. The number of carbonyl (C=O) groups is 1. The molecular weight excluding hydrogens is 279 g/mol. The van der Waals surface area contributed by atoms with Crippen molar-refractivity contribution in [3.05, 3.63) is 12.8 Å². The first-order valence-electron chi connectivity index (χ1n) is 5.13. The van der Waals surface area contributed by atoms with Gasteiger partial charge in [0.25, 0.3) is 0 Å². The molecule has 1 fully saturated rings. The van der Waals surface area contributed by atoms with Gasteiger partial charge in [0.15, 0.2) is 6.10 Å². The minimum atomic E-state index is -5.62. The fourth-order valence-electron chi connectivity index (χ4n) is 1.70. The summed E-state index contributed by atoms with van der Waals surface area (Å²) in [4.78, 5) is 10.7. The molecule has 1 rings (SSSR count). The van der Waals surface area contributed by atoms with Crippen LogP contribution in [0.25, 0.3) is 0 Å². The van der Waals surface area contributed by atoms with Gasteiger partial charge >= 0.3 is 23.9 Å².